The molecule has 3 rings (SSSR count). The topological polar surface area (TPSA) is 94.9 Å². The van der Waals surface area contributed by atoms with Crippen molar-refractivity contribution < 1.29 is 9.53 Å². The van der Waals surface area contributed by atoms with Crippen LogP contribution >= 0.6 is 23.2 Å². The van der Waals surface area contributed by atoms with Crippen molar-refractivity contribution in [1.82, 2.24) is 9.55 Å². The van der Waals surface area contributed by atoms with Crippen LogP contribution in [-0.2, 0) is 16.1 Å². The first-order valence-corrected chi connectivity index (χ1v) is 7.05. The molecule has 0 saturated carbocycles. The number of nitrogens with two attached hydrogens (primary N) is 1. The Bertz CT molecular complexity index is 842. The van der Waals surface area contributed by atoms with Gasteiger partial charge in [-0.05, 0) is 6.07 Å². The number of aromatic nitrogens is 2. The highest BCUT2D eigenvalue weighted by molar-refractivity contribution is 7.58. The summed E-state index contributed by atoms with van der Waals surface area (Å²) in [6.07, 6.45) is 1.37. The van der Waals surface area contributed by atoms with Gasteiger partial charge in [-0.15, -0.1) is 0 Å². The van der Waals surface area contributed by atoms with Crippen LogP contribution in [0.2, 0.25) is 10.0 Å². The number of nitrogen functional groups attached to an aromatic ring is 1. The monoisotopic (exact) mass is 343 g/mol. The van der Waals surface area contributed by atoms with Gasteiger partial charge in [0.2, 0.25) is 0 Å². The molecule has 0 bridgehead atoms. The third-order valence-corrected chi connectivity index (χ3v) is 3.95. The van der Waals surface area contributed by atoms with Crippen molar-refractivity contribution in [1.29, 1.82) is 0 Å². The number of benzene rings is 1. The maximum Gasteiger partial charge on any atom is 0.360 e. The van der Waals surface area contributed by atoms with Gasteiger partial charge < -0.3 is 10.5 Å². The second kappa shape index (κ2) is 5.14. The first-order chi connectivity index (χ1) is 10.0. The van der Waals surface area contributed by atoms with E-state index in [-0.39, 0.29) is 11.5 Å². The molecule has 0 saturated heterocycles. The number of methoxy groups -OCH3 is 1. The Hall–Kier alpha value is -1.90. The molecule has 1 aromatic carbocycles. The molecular weight excluding hydrogens is 337 g/mol. The molecule has 0 fully saturated rings. The maximum absolute atomic E-state index is 11.6. The zero-order valence-corrected chi connectivity index (χ0v) is 12.8. The van der Waals surface area contributed by atoms with Gasteiger partial charge in [-0.1, -0.05) is 23.2 Å². The van der Waals surface area contributed by atoms with Gasteiger partial charge in [-0.2, -0.15) is 8.73 Å². The number of fused-ring (bicyclic) bond motifs is 1. The second-order valence-corrected chi connectivity index (χ2v) is 5.33. The van der Waals surface area contributed by atoms with Crippen LogP contribution in [0.1, 0.15) is 10.5 Å². The molecule has 0 radical (unpaired) electrons. The summed E-state index contributed by atoms with van der Waals surface area (Å²) in [6.45, 7) is 0. The van der Waals surface area contributed by atoms with Crippen LogP contribution in [0.4, 0.5) is 17.2 Å². The summed E-state index contributed by atoms with van der Waals surface area (Å²) < 4.78 is 14.3. The standard InChI is InChI=1S/C11H7Cl2N5O2S/c1-20-11(19)8-10(14)18(3-15-8)9-5(13)2-4(12)6-7(9)17-21-16-6/h2-3H,14H2,1H3. The Kier molecular flexibility index (Phi) is 3.44. The zero-order valence-electron chi connectivity index (χ0n) is 10.5. The van der Waals surface area contributed by atoms with E-state index in [0.717, 1.165) is 11.4 Å². The average Bonchev–Trinajstić information content (AvgIpc) is 3.06. The van der Waals surface area contributed by atoms with E-state index in [4.69, 9.17) is 28.9 Å². The molecule has 0 spiro atoms. The number of hydrogen-bond acceptors (Lipinski definition) is 6. The fourth-order valence-corrected chi connectivity index (χ4v) is 3.08. The van der Waals surface area contributed by atoms with Crippen LogP contribution in [0.15, 0.2) is 21.1 Å². The smallest absolute Gasteiger partial charge is 0.360 e. The molecule has 21 heavy (non-hydrogen) atoms. The predicted octanol–water partition coefficient (Wildman–Crippen LogP) is 3.27. The number of halogens is 2. The van der Waals surface area contributed by atoms with Gasteiger partial charge >= 0.3 is 5.97 Å². The minimum Gasteiger partial charge on any atom is -0.464 e. The third-order valence-electron chi connectivity index (χ3n) is 2.84. The lowest BCUT2D eigenvalue weighted by atomic mass is 10.2. The summed E-state index contributed by atoms with van der Waals surface area (Å²) in [7, 11) is 1.25. The van der Waals surface area contributed by atoms with Crippen LogP contribution in [0.5, 0.6) is 0 Å². The molecule has 10 heteroatoms. The fourth-order valence-electron chi connectivity index (χ4n) is 1.88. The Labute approximate surface area is 132 Å². The molecule has 1 aliphatic heterocycles. The van der Waals surface area contributed by atoms with Crippen LogP contribution in [0, 0.1) is 0 Å². The molecule has 2 aromatic rings. The fraction of sp³-hybridized carbons (Fsp3) is 0.0909. The molecular formula is C11H7Cl2N5O2S. The van der Waals surface area contributed by atoms with Gasteiger partial charge in [-0.3, -0.25) is 4.57 Å². The van der Waals surface area contributed by atoms with Crippen molar-refractivity contribution in [2.45, 2.75) is 0 Å². The third kappa shape index (κ3) is 2.11. The van der Waals surface area contributed by atoms with Gasteiger partial charge in [0.05, 0.1) is 34.2 Å². The van der Waals surface area contributed by atoms with E-state index in [2.05, 4.69) is 18.4 Å². The highest BCUT2D eigenvalue weighted by atomic mass is 35.5. The van der Waals surface area contributed by atoms with Crippen molar-refractivity contribution in [2.75, 3.05) is 12.8 Å². The zero-order chi connectivity index (χ0) is 15.1. The molecule has 7 nitrogen and oxygen atoms in total. The Morgan fingerprint density at radius 2 is 2.05 bits per heavy atom. The number of anilines is 1. The quantitative estimate of drug-likeness (QED) is 0.722. The van der Waals surface area contributed by atoms with Gasteiger partial charge in [0.25, 0.3) is 0 Å². The first kappa shape index (κ1) is 14.1. The SMILES string of the molecule is COC(=O)c1ncn(-c2c(Cl)cc(Cl)c3c2N=S=N3)c1N. The van der Waals surface area contributed by atoms with E-state index in [1.165, 1.54) is 18.0 Å². The van der Waals surface area contributed by atoms with Crippen molar-refractivity contribution in [2.24, 2.45) is 8.73 Å². The van der Waals surface area contributed by atoms with Crippen molar-refractivity contribution >= 4 is 57.7 Å². The van der Waals surface area contributed by atoms with E-state index in [1.54, 1.807) is 6.07 Å². The lowest BCUT2D eigenvalue weighted by Gasteiger charge is -2.11. The van der Waals surface area contributed by atoms with E-state index >= 15 is 0 Å². The molecule has 108 valence electrons. The molecule has 0 unspecified atom stereocenters. The first-order valence-electron chi connectivity index (χ1n) is 5.56. The molecule has 2 heterocycles. The van der Waals surface area contributed by atoms with Crippen molar-refractivity contribution in [3.8, 4) is 5.69 Å². The number of ether oxygens (including phenoxy) is 1. The molecule has 2 N–H and O–H groups in total. The molecule has 0 atom stereocenters. The van der Waals surface area contributed by atoms with Gasteiger partial charge in [-0.25, -0.2) is 9.78 Å². The Morgan fingerprint density at radius 1 is 1.33 bits per heavy atom. The van der Waals surface area contributed by atoms with E-state index in [9.17, 15) is 4.79 Å². The number of esters is 1. The normalized spacial score (nSPS) is 12.1. The molecule has 0 amide bonds. The van der Waals surface area contributed by atoms with E-state index < -0.39 is 5.97 Å². The Morgan fingerprint density at radius 3 is 2.76 bits per heavy atom. The minimum absolute atomic E-state index is 0.000134. The number of carbonyl (C=O) groups is 1. The summed E-state index contributed by atoms with van der Waals surface area (Å²) in [4.78, 5) is 15.5. The van der Waals surface area contributed by atoms with Gasteiger partial charge in [0.15, 0.2) is 5.69 Å². The van der Waals surface area contributed by atoms with E-state index in [1.807, 2.05) is 0 Å². The lowest BCUT2D eigenvalue weighted by Crippen LogP contribution is -2.07. The Balaban J connectivity index is 2.24. The summed E-state index contributed by atoms with van der Waals surface area (Å²) in [5.41, 5.74) is 7.40. The van der Waals surface area contributed by atoms with E-state index in [0.29, 0.717) is 27.1 Å². The van der Waals surface area contributed by atoms with Crippen LogP contribution < -0.4 is 5.73 Å². The van der Waals surface area contributed by atoms with Crippen LogP contribution in [-0.4, -0.2) is 22.6 Å². The summed E-state index contributed by atoms with van der Waals surface area (Å²) in [5.74, 6) is -0.538. The second-order valence-electron chi connectivity index (χ2n) is 3.99. The van der Waals surface area contributed by atoms with Crippen molar-refractivity contribution in [3.63, 3.8) is 0 Å². The molecule has 0 aliphatic carbocycles. The van der Waals surface area contributed by atoms with Gasteiger partial charge in [0.1, 0.15) is 23.5 Å². The largest absolute Gasteiger partial charge is 0.464 e. The highest BCUT2D eigenvalue weighted by Crippen LogP contribution is 2.46. The number of imidazole rings is 1. The summed E-state index contributed by atoms with van der Waals surface area (Å²) in [6, 6.07) is 1.54. The predicted molar refractivity (Wildman–Crippen MR) is 80.9 cm³/mol. The summed E-state index contributed by atoms with van der Waals surface area (Å²) >= 11 is 13.3. The summed E-state index contributed by atoms with van der Waals surface area (Å²) in [5, 5.41) is 0.708. The number of carbonyl (C=O) groups excluding carboxylic acids is 1. The highest BCUT2D eigenvalue weighted by Gasteiger charge is 2.24. The average molecular weight is 344 g/mol. The lowest BCUT2D eigenvalue weighted by molar-refractivity contribution is 0.0596. The van der Waals surface area contributed by atoms with Crippen molar-refractivity contribution in [3.05, 3.63) is 28.1 Å². The number of hydrogen-bond donors (Lipinski definition) is 1. The maximum atomic E-state index is 11.6. The van der Waals surface area contributed by atoms with Crippen LogP contribution in [0.25, 0.3) is 5.69 Å². The number of nitrogens with zero attached hydrogens (tertiary/aromatic N) is 4. The molecule has 1 aromatic heterocycles. The minimum atomic E-state index is -0.635. The molecule has 1 aliphatic rings. The van der Waals surface area contributed by atoms with Gasteiger partial charge in [0, 0.05) is 0 Å². The van der Waals surface area contributed by atoms with Crippen LogP contribution in [0.3, 0.4) is 0 Å². The number of rotatable bonds is 2.